The largest absolute Gasteiger partial charge is 0.369 e. The van der Waals surface area contributed by atoms with Crippen molar-refractivity contribution in [2.24, 2.45) is 0 Å². The Hall–Kier alpha value is -3.21. The van der Waals surface area contributed by atoms with Crippen LogP contribution in [0.1, 0.15) is 29.7 Å². The van der Waals surface area contributed by atoms with Gasteiger partial charge < -0.3 is 10.3 Å². The van der Waals surface area contributed by atoms with Gasteiger partial charge in [0.25, 0.3) is 0 Å². The van der Waals surface area contributed by atoms with Crippen LogP contribution in [0.3, 0.4) is 0 Å². The zero-order valence-electron chi connectivity index (χ0n) is 15.4. The van der Waals surface area contributed by atoms with Crippen LogP contribution in [0, 0.1) is 0 Å². The monoisotopic (exact) mass is 357 g/mol. The highest BCUT2D eigenvalue weighted by Crippen LogP contribution is 2.25. The Labute approximate surface area is 158 Å². The summed E-state index contributed by atoms with van der Waals surface area (Å²) in [6.45, 7) is 2.90. The molecule has 3 heterocycles. The van der Waals surface area contributed by atoms with Crippen LogP contribution in [0.2, 0.25) is 0 Å². The Balaban J connectivity index is 1.60. The molecule has 0 amide bonds. The Kier molecular flexibility index (Phi) is 5.10. The molecule has 27 heavy (non-hydrogen) atoms. The molecule has 1 unspecified atom stereocenters. The second kappa shape index (κ2) is 7.99. The Morgan fingerprint density at radius 3 is 2.63 bits per heavy atom. The van der Waals surface area contributed by atoms with Gasteiger partial charge in [0.15, 0.2) is 0 Å². The summed E-state index contributed by atoms with van der Waals surface area (Å²) in [5, 5.41) is 4.64. The smallest absolute Gasteiger partial charge is 0.143 e. The summed E-state index contributed by atoms with van der Waals surface area (Å²) in [6.07, 6.45) is 7.35. The number of nitrogens with one attached hydrogen (secondary N) is 2. The lowest BCUT2D eigenvalue weighted by atomic mass is 9.95. The van der Waals surface area contributed by atoms with E-state index in [0.29, 0.717) is 0 Å². The number of aryl methyl sites for hydroxylation is 1. The highest BCUT2D eigenvalue weighted by Gasteiger charge is 2.16. The molecule has 0 spiro atoms. The number of anilines is 1. The fourth-order valence-electron chi connectivity index (χ4n) is 3.46. The zero-order chi connectivity index (χ0) is 18.5. The molecule has 1 atom stereocenters. The molecular weight excluding hydrogens is 334 g/mol. The van der Waals surface area contributed by atoms with Crippen LogP contribution in [0.4, 0.5) is 5.82 Å². The van der Waals surface area contributed by atoms with Crippen LogP contribution in [-0.4, -0.2) is 26.5 Å². The minimum atomic E-state index is 0.252. The van der Waals surface area contributed by atoms with E-state index in [9.17, 15) is 0 Å². The van der Waals surface area contributed by atoms with Crippen molar-refractivity contribution in [2.75, 3.05) is 11.9 Å². The van der Waals surface area contributed by atoms with Crippen molar-refractivity contribution in [3.63, 3.8) is 0 Å². The molecular formula is C22H23N5. The molecule has 3 aromatic heterocycles. The molecule has 0 radical (unpaired) electrons. The molecule has 5 nitrogen and oxygen atoms in total. The minimum Gasteiger partial charge on any atom is -0.369 e. The molecule has 136 valence electrons. The van der Waals surface area contributed by atoms with E-state index in [0.717, 1.165) is 41.9 Å². The number of nitrogens with zero attached hydrogens (tertiary/aromatic N) is 3. The number of hydrogen-bond acceptors (Lipinski definition) is 4. The number of pyridine rings is 1. The fraction of sp³-hybridized carbons (Fsp3) is 0.227. The summed E-state index contributed by atoms with van der Waals surface area (Å²) in [4.78, 5) is 16.7. The molecule has 0 fully saturated rings. The maximum atomic E-state index is 4.59. The van der Waals surface area contributed by atoms with E-state index in [1.165, 1.54) is 11.1 Å². The topological polar surface area (TPSA) is 66.5 Å². The number of benzene rings is 1. The second-order valence-corrected chi connectivity index (χ2v) is 6.64. The van der Waals surface area contributed by atoms with E-state index in [2.05, 4.69) is 62.5 Å². The highest BCUT2D eigenvalue weighted by atomic mass is 15.0. The Bertz CT molecular complexity index is 995. The van der Waals surface area contributed by atoms with E-state index < -0.39 is 0 Å². The summed E-state index contributed by atoms with van der Waals surface area (Å²) >= 11 is 0. The van der Waals surface area contributed by atoms with Crippen molar-refractivity contribution in [1.82, 2.24) is 19.9 Å². The normalized spacial score (nSPS) is 12.2. The van der Waals surface area contributed by atoms with E-state index in [-0.39, 0.29) is 5.92 Å². The van der Waals surface area contributed by atoms with E-state index in [4.69, 9.17) is 0 Å². The standard InChI is InChI=1S/C22H23N5/c1-2-17-13-24-21-20(17)22(27-15-26-21)25-14-18(19-10-6-7-11-23-19)12-16-8-4-3-5-9-16/h3-11,13,15,18H,2,12,14H2,1H3,(H2,24,25,26,27). The lowest BCUT2D eigenvalue weighted by Gasteiger charge is -2.18. The first kappa shape index (κ1) is 17.2. The van der Waals surface area contributed by atoms with Gasteiger partial charge in [-0.2, -0.15) is 0 Å². The summed E-state index contributed by atoms with van der Waals surface area (Å²) in [7, 11) is 0. The molecule has 0 bridgehead atoms. The summed E-state index contributed by atoms with van der Waals surface area (Å²) in [6, 6.07) is 16.6. The van der Waals surface area contributed by atoms with Crippen molar-refractivity contribution in [3.05, 3.63) is 84.1 Å². The molecule has 1 aromatic carbocycles. The van der Waals surface area contributed by atoms with Gasteiger partial charge in [0, 0.05) is 30.6 Å². The SMILES string of the molecule is CCc1c[nH]c2ncnc(NCC(Cc3ccccc3)c3ccccn3)c12. The average molecular weight is 357 g/mol. The van der Waals surface area contributed by atoms with Gasteiger partial charge in [-0.15, -0.1) is 0 Å². The first-order valence-electron chi connectivity index (χ1n) is 9.35. The molecule has 0 aliphatic carbocycles. The number of fused-ring (bicyclic) bond motifs is 1. The molecule has 0 aliphatic rings. The third kappa shape index (κ3) is 3.82. The predicted molar refractivity (Wildman–Crippen MR) is 109 cm³/mol. The van der Waals surface area contributed by atoms with Crippen LogP contribution >= 0.6 is 0 Å². The lowest BCUT2D eigenvalue weighted by molar-refractivity contribution is 0.692. The van der Waals surface area contributed by atoms with Gasteiger partial charge in [-0.25, -0.2) is 9.97 Å². The molecule has 0 aliphatic heterocycles. The van der Waals surface area contributed by atoms with Crippen molar-refractivity contribution >= 4 is 16.9 Å². The number of H-pyrrole nitrogens is 1. The Morgan fingerprint density at radius 1 is 1.00 bits per heavy atom. The third-order valence-corrected chi connectivity index (χ3v) is 4.88. The third-order valence-electron chi connectivity index (χ3n) is 4.88. The quantitative estimate of drug-likeness (QED) is 0.516. The molecule has 5 heteroatoms. The van der Waals surface area contributed by atoms with Crippen molar-refractivity contribution in [3.8, 4) is 0 Å². The maximum Gasteiger partial charge on any atom is 0.143 e. The maximum absolute atomic E-state index is 4.59. The second-order valence-electron chi connectivity index (χ2n) is 6.64. The van der Waals surface area contributed by atoms with Gasteiger partial charge in [-0.1, -0.05) is 43.3 Å². The van der Waals surface area contributed by atoms with Gasteiger partial charge in [0.1, 0.15) is 17.8 Å². The molecule has 0 saturated heterocycles. The Morgan fingerprint density at radius 2 is 1.85 bits per heavy atom. The van der Waals surface area contributed by atoms with Crippen LogP contribution in [-0.2, 0) is 12.8 Å². The van der Waals surface area contributed by atoms with E-state index in [1.54, 1.807) is 6.33 Å². The minimum absolute atomic E-state index is 0.252. The highest BCUT2D eigenvalue weighted by molar-refractivity contribution is 5.90. The van der Waals surface area contributed by atoms with Crippen LogP contribution in [0.5, 0.6) is 0 Å². The number of hydrogen-bond donors (Lipinski definition) is 2. The van der Waals surface area contributed by atoms with Crippen molar-refractivity contribution in [1.29, 1.82) is 0 Å². The fourth-order valence-corrected chi connectivity index (χ4v) is 3.46. The zero-order valence-corrected chi connectivity index (χ0v) is 15.4. The number of aromatic nitrogens is 4. The van der Waals surface area contributed by atoms with Crippen LogP contribution < -0.4 is 5.32 Å². The van der Waals surface area contributed by atoms with Crippen molar-refractivity contribution in [2.45, 2.75) is 25.7 Å². The lowest BCUT2D eigenvalue weighted by Crippen LogP contribution is -2.17. The first-order chi connectivity index (χ1) is 13.3. The van der Waals surface area contributed by atoms with Gasteiger partial charge in [-0.3, -0.25) is 4.98 Å². The summed E-state index contributed by atoms with van der Waals surface area (Å²) in [5.41, 5.74) is 4.50. The number of rotatable bonds is 7. The van der Waals surface area contributed by atoms with Crippen LogP contribution in [0.15, 0.2) is 67.3 Å². The number of aromatic amines is 1. The molecule has 4 rings (SSSR count). The summed E-state index contributed by atoms with van der Waals surface area (Å²) in [5.74, 6) is 1.13. The first-order valence-corrected chi connectivity index (χ1v) is 9.35. The van der Waals surface area contributed by atoms with Gasteiger partial charge >= 0.3 is 0 Å². The van der Waals surface area contributed by atoms with Gasteiger partial charge in [0.2, 0.25) is 0 Å². The van der Waals surface area contributed by atoms with Gasteiger partial charge in [-0.05, 0) is 36.1 Å². The predicted octanol–water partition coefficient (Wildman–Crippen LogP) is 4.35. The molecule has 2 N–H and O–H groups in total. The average Bonchev–Trinajstić information content (AvgIpc) is 3.16. The summed E-state index contributed by atoms with van der Waals surface area (Å²) < 4.78 is 0. The van der Waals surface area contributed by atoms with Gasteiger partial charge in [0.05, 0.1) is 5.39 Å². The van der Waals surface area contributed by atoms with Crippen molar-refractivity contribution < 1.29 is 0 Å². The van der Waals surface area contributed by atoms with E-state index >= 15 is 0 Å². The van der Waals surface area contributed by atoms with Crippen LogP contribution in [0.25, 0.3) is 11.0 Å². The van der Waals surface area contributed by atoms with E-state index in [1.807, 2.05) is 30.6 Å². The molecule has 4 aromatic rings. The molecule has 0 saturated carbocycles.